The Morgan fingerprint density at radius 3 is 2.58 bits per heavy atom. The molecule has 31 heavy (non-hydrogen) atoms. The van der Waals surface area contributed by atoms with Crippen molar-refractivity contribution < 1.29 is 18.0 Å². The highest BCUT2D eigenvalue weighted by molar-refractivity contribution is 7.91. The molecule has 0 bridgehead atoms. The molecule has 0 atom stereocenters. The van der Waals surface area contributed by atoms with E-state index in [2.05, 4.69) is 20.2 Å². The van der Waals surface area contributed by atoms with Crippen LogP contribution in [0.15, 0.2) is 40.3 Å². The van der Waals surface area contributed by atoms with E-state index in [1.54, 1.807) is 31.2 Å². The minimum absolute atomic E-state index is 0.0264. The molecular formula is C18H23ClN6O5S. The summed E-state index contributed by atoms with van der Waals surface area (Å²) in [7, 11) is -3.93. The number of nitrogens with one attached hydrogen (secondary N) is 3. The van der Waals surface area contributed by atoms with E-state index in [9.17, 15) is 18.0 Å². The van der Waals surface area contributed by atoms with Gasteiger partial charge in [0, 0.05) is 10.7 Å². The lowest BCUT2D eigenvalue weighted by Crippen LogP contribution is -2.30. The molecule has 13 heteroatoms. The number of H-pyrrole nitrogens is 1. The Bertz CT molecular complexity index is 1110. The van der Waals surface area contributed by atoms with Crippen LogP contribution >= 0.6 is 11.6 Å². The highest BCUT2D eigenvalue weighted by Gasteiger charge is 2.19. The Labute approximate surface area is 183 Å². The maximum absolute atomic E-state index is 12.6. The first-order valence-electron chi connectivity index (χ1n) is 9.01. The van der Waals surface area contributed by atoms with Crippen molar-refractivity contribution in [3.05, 3.63) is 62.5 Å². The van der Waals surface area contributed by atoms with Gasteiger partial charge in [0.15, 0.2) is 0 Å². The predicted molar refractivity (Wildman–Crippen MR) is 118 cm³/mol. The fourth-order valence-corrected chi connectivity index (χ4v) is 3.96. The molecule has 1 heterocycles. The lowest BCUT2D eigenvalue weighted by Gasteiger charge is -2.13. The average molecular weight is 471 g/mol. The zero-order chi connectivity index (χ0) is 23.0. The molecule has 168 valence electrons. The van der Waals surface area contributed by atoms with E-state index in [4.69, 9.17) is 27.9 Å². The van der Waals surface area contributed by atoms with Gasteiger partial charge in [-0.25, -0.2) is 8.42 Å². The minimum atomic E-state index is -3.93. The van der Waals surface area contributed by atoms with Crippen LogP contribution in [0.4, 0.5) is 5.69 Å². The standard InChI is InChI=1S/C18H23ClN6O5S/c1-11-8-13(9-15(26)22-6-7-30-24-18(20)21)16(17(27)23-11)25-31(28,29)10-12-2-4-14(19)5-3-12/h2-5,8,25H,6-7,9-10H2,1H3,(H,22,26)(H,23,27)(H4,20,21,24). The fraction of sp³-hybridized carbons (Fsp3) is 0.278. The summed E-state index contributed by atoms with van der Waals surface area (Å²) in [4.78, 5) is 31.9. The van der Waals surface area contributed by atoms with Crippen molar-refractivity contribution >= 4 is 39.2 Å². The van der Waals surface area contributed by atoms with Crippen LogP contribution in [0.5, 0.6) is 0 Å². The number of nitrogens with two attached hydrogens (primary N) is 2. The van der Waals surface area contributed by atoms with E-state index in [0.717, 1.165) is 0 Å². The molecule has 2 aromatic rings. The number of nitrogens with zero attached hydrogens (tertiary/aromatic N) is 1. The number of aryl methyl sites for hydroxylation is 1. The molecule has 0 radical (unpaired) electrons. The van der Waals surface area contributed by atoms with Crippen LogP contribution in [0.3, 0.4) is 0 Å². The Balaban J connectivity index is 2.11. The van der Waals surface area contributed by atoms with Crippen LogP contribution in [-0.4, -0.2) is 38.4 Å². The van der Waals surface area contributed by atoms with Crippen molar-refractivity contribution in [1.29, 1.82) is 0 Å². The molecule has 0 saturated heterocycles. The molecule has 0 aliphatic heterocycles. The summed E-state index contributed by atoms with van der Waals surface area (Å²) in [6.07, 6.45) is -0.230. The molecule has 11 nitrogen and oxygen atoms in total. The third-order valence-corrected chi connectivity index (χ3v) is 5.29. The van der Waals surface area contributed by atoms with E-state index in [0.29, 0.717) is 16.3 Å². The van der Waals surface area contributed by atoms with E-state index in [1.165, 1.54) is 6.07 Å². The van der Waals surface area contributed by atoms with Gasteiger partial charge in [-0.15, -0.1) is 0 Å². The van der Waals surface area contributed by atoms with Gasteiger partial charge >= 0.3 is 0 Å². The second-order valence-corrected chi connectivity index (χ2v) is 8.70. The number of sulfonamides is 1. The van der Waals surface area contributed by atoms with Crippen molar-refractivity contribution in [2.75, 3.05) is 17.9 Å². The zero-order valence-electron chi connectivity index (χ0n) is 16.6. The second-order valence-electron chi connectivity index (χ2n) is 6.55. The Hall–Kier alpha value is -3.25. The number of aromatic amines is 1. The number of carbonyl (C=O) groups excluding carboxylic acids is 1. The maximum Gasteiger partial charge on any atom is 0.272 e. The number of rotatable bonds is 10. The lowest BCUT2D eigenvalue weighted by molar-refractivity contribution is -0.120. The van der Waals surface area contributed by atoms with Crippen LogP contribution in [-0.2, 0) is 31.8 Å². The van der Waals surface area contributed by atoms with Crippen molar-refractivity contribution in [1.82, 2.24) is 10.3 Å². The van der Waals surface area contributed by atoms with Gasteiger partial charge < -0.3 is 26.6 Å². The van der Waals surface area contributed by atoms with E-state index < -0.39 is 21.5 Å². The summed E-state index contributed by atoms with van der Waals surface area (Å²) < 4.78 is 27.4. The summed E-state index contributed by atoms with van der Waals surface area (Å²) in [6, 6.07) is 7.80. The van der Waals surface area contributed by atoms with Gasteiger partial charge in [-0.3, -0.25) is 14.3 Å². The van der Waals surface area contributed by atoms with Crippen LogP contribution in [0.2, 0.25) is 5.02 Å². The molecule has 0 aliphatic carbocycles. The smallest absolute Gasteiger partial charge is 0.272 e. The number of pyridine rings is 1. The van der Waals surface area contributed by atoms with Crippen LogP contribution in [0.25, 0.3) is 0 Å². The third-order valence-electron chi connectivity index (χ3n) is 3.81. The zero-order valence-corrected chi connectivity index (χ0v) is 18.2. The molecule has 0 unspecified atom stereocenters. The highest BCUT2D eigenvalue weighted by atomic mass is 35.5. The molecular weight excluding hydrogens is 448 g/mol. The Morgan fingerprint density at radius 1 is 1.26 bits per heavy atom. The molecule has 0 spiro atoms. The largest absolute Gasteiger partial charge is 0.391 e. The van der Waals surface area contributed by atoms with Crippen molar-refractivity contribution in [3.8, 4) is 0 Å². The molecule has 0 aliphatic rings. The fourth-order valence-electron chi connectivity index (χ4n) is 2.59. The van der Waals surface area contributed by atoms with E-state index >= 15 is 0 Å². The van der Waals surface area contributed by atoms with Gasteiger partial charge in [-0.05, 0) is 41.4 Å². The number of carbonyl (C=O) groups is 1. The van der Waals surface area contributed by atoms with Gasteiger partial charge in [0.25, 0.3) is 5.56 Å². The second kappa shape index (κ2) is 10.7. The number of guanidine groups is 1. The molecule has 1 aromatic heterocycles. The molecule has 7 N–H and O–H groups in total. The maximum atomic E-state index is 12.6. The number of amides is 1. The number of hydrogen-bond acceptors (Lipinski definition) is 6. The van der Waals surface area contributed by atoms with Crippen LogP contribution in [0.1, 0.15) is 16.8 Å². The summed E-state index contributed by atoms with van der Waals surface area (Å²) in [5.74, 6) is -1.07. The van der Waals surface area contributed by atoms with Crippen LogP contribution in [0, 0.1) is 6.92 Å². The SMILES string of the molecule is Cc1cc(CC(=O)NCCON=C(N)N)c(NS(=O)(=O)Cc2ccc(Cl)cc2)c(=O)[nH]1. The van der Waals surface area contributed by atoms with Gasteiger partial charge in [0.2, 0.25) is 21.9 Å². The molecule has 1 amide bonds. The van der Waals surface area contributed by atoms with Crippen molar-refractivity contribution in [2.45, 2.75) is 19.1 Å². The number of benzene rings is 1. The van der Waals surface area contributed by atoms with Gasteiger partial charge in [-0.1, -0.05) is 23.7 Å². The topological polar surface area (TPSA) is 182 Å². The summed E-state index contributed by atoms with van der Waals surface area (Å²) in [6.45, 7) is 1.76. The summed E-state index contributed by atoms with van der Waals surface area (Å²) >= 11 is 5.81. The summed E-state index contributed by atoms with van der Waals surface area (Å²) in [5, 5.41) is 6.35. The Morgan fingerprint density at radius 2 is 1.94 bits per heavy atom. The van der Waals surface area contributed by atoms with Gasteiger partial charge in [0.1, 0.15) is 12.3 Å². The van der Waals surface area contributed by atoms with Gasteiger partial charge in [-0.2, -0.15) is 0 Å². The van der Waals surface area contributed by atoms with Crippen LogP contribution < -0.4 is 27.1 Å². The van der Waals surface area contributed by atoms with Crippen molar-refractivity contribution in [2.24, 2.45) is 16.6 Å². The molecule has 2 rings (SSSR count). The monoisotopic (exact) mass is 470 g/mol. The predicted octanol–water partition coefficient (Wildman–Crippen LogP) is 0.142. The van der Waals surface area contributed by atoms with E-state index in [1.807, 2.05) is 0 Å². The first kappa shape index (κ1) is 24.0. The normalized spacial score (nSPS) is 10.9. The first-order chi connectivity index (χ1) is 14.6. The average Bonchev–Trinajstić information content (AvgIpc) is 2.65. The molecule has 0 fully saturated rings. The van der Waals surface area contributed by atoms with Gasteiger partial charge in [0.05, 0.1) is 18.7 Å². The summed E-state index contributed by atoms with van der Waals surface area (Å²) in [5.41, 5.74) is 10.5. The van der Waals surface area contributed by atoms with Crippen molar-refractivity contribution in [3.63, 3.8) is 0 Å². The Kier molecular flexibility index (Phi) is 8.28. The highest BCUT2D eigenvalue weighted by Crippen LogP contribution is 2.17. The minimum Gasteiger partial charge on any atom is -0.391 e. The molecule has 1 aromatic carbocycles. The number of anilines is 1. The number of hydrogen-bond donors (Lipinski definition) is 5. The number of oxime groups is 1. The quantitative estimate of drug-likeness (QED) is 0.141. The third kappa shape index (κ3) is 8.18. The molecule has 0 saturated carbocycles. The lowest BCUT2D eigenvalue weighted by atomic mass is 10.1. The number of aromatic nitrogens is 1. The number of halogens is 1. The first-order valence-corrected chi connectivity index (χ1v) is 11.0. The van der Waals surface area contributed by atoms with E-state index in [-0.39, 0.29) is 42.5 Å².